The number of aliphatic imine (C=N–C) groups is 1. The Bertz CT molecular complexity index is 783. The summed E-state index contributed by atoms with van der Waals surface area (Å²) >= 11 is 0. The second-order valence-electron chi connectivity index (χ2n) is 5.72. The number of benzene rings is 1. The minimum absolute atomic E-state index is 0.0743. The molecule has 0 bridgehead atoms. The van der Waals surface area contributed by atoms with Crippen molar-refractivity contribution in [3.63, 3.8) is 0 Å². The number of hydrogen-bond donors (Lipinski definition) is 1. The van der Waals surface area contributed by atoms with E-state index in [1.807, 2.05) is 48.5 Å². The molecule has 5 heteroatoms. The van der Waals surface area contributed by atoms with Crippen LogP contribution in [-0.4, -0.2) is 28.4 Å². The fourth-order valence-corrected chi connectivity index (χ4v) is 2.92. The standard InChI is InChI=1S/C18H16N4O/c23-15-10-9-13(15)17-16(12-6-2-1-3-7-12)21-22-18(20-17)14-8-4-5-11-19-14/h1-8,11,13,17H,9-10H2,(H,20,22). The van der Waals surface area contributed by atoms with E-state index in [1.54, 1.807) is 6.20 Å². The molecule has 4 rings (SSSR count). The molecule has 1 fully saturated rings. The van der Waals surface area contributed by atoms with Crippen LogP contribution < -0.4 is 5.43 Å². The van der Waals surface area contributed by atoms with Crippen molar-refractivity contribution < 1.29 is 4.79 Å². The van der Waals surface area contributed by atoms with Gasteiger partial charge >= 0.3 is 0 Å². The van der Waals surface area contributed by atoms with Crippen molar-refractivity contribution in [2.24, 2.45) is 16.0 Å². The third-order valence-electron chi connectivity index (χ3n) is 4.30. The SMILES string of the molecule is O=C1CCC1C1N=C(c2ccccn2)NN=C1c1ccccc1. The van der Waals surface area contributed by atoms with Crippen LogP contribution in [0.5, 0.6) is 0 Å². The minimum atomic E-state index is -0.239. The molecular weight excluding hydrogens is 288 g/mol. The topological polar surface area (TPSA) is 66.7 Å². The number of ketones is 1. The maximum Gasteiger partial charge on any atom is 0.168 e. The lowest BCUT2D eigenvalue weighted by Gasteiger charge is -2.33. The molecule has 2 heterocycles. The van der Waals surface area contributed by atoms with E-state index in [9.17, 15) is 4.79 Å². The molecule has 1 saturated carbocycles. The van der Waals surface area contributed by atoms with Crippen LogP contribution in [0, 0.1) is 5.92 Å². The van der Waals surface area contributed by atoms with Crippen molar-refractivity contribution in [3.8, 4) is 0 Å². The fraction of sp³-hybridized carbons (Fsp3) is 0.222. The molecule has 1 aliphatic heterocycles. The first-order valence-electron chi connectivity index (χ1n) is 7.74. The molecule has 1 aromatic carbocycles. The van der Waals surface area contributed by atoms with Crippen molar-refractivity contribution in [1.29, 1.82) is 0 Å². The Balaban J connectivity index is 1.72. The largest absolute Gasteiger partial charge is 0.299 e. The first-order valence-corrected chi connectivity index (χ1v) is 7.74. The molecule has 0 saturated heterocycles. The Morgan fingerprint density at radius 1 is 1.04 bits per heavy atom. The van der Waals surface area contributed by atoms with Gasteiger partial charge in [-0.3, -0.25) is 20.2 Å². The average molecular weight is 304 g/mol. The molecule has 2 aromatic rings. The zero-order valence-corrected chi connectivity index (χ0v) is 12.5. The van der Waals surface area contributed by atoms with E-state index in [1.165, 1.54) is 0 Å². The number of Topliss-reactive ketones (excluding diaryl/α,β-unsaturated/α-hetero) is 1. The minimum Gasteiger partial charge on any atom is -0.299 e. The summed E-state index contributed by atoms with van der Waals surface area (Å²) in [6.45, 7) is 0. The molecule has 1 aliphatic carbocycles. The first kappa shape index (κ1) is 13.8. The van der Waals surface area contributed by atoms with Crippen molar-refractivity contribution >= 4 is 17.3 Å². The molecule has 114 valence electrons. The molecule has 5 nitrogen and oxygen atoms in total. The summed E-state index contributed by atoms with van der Waals surface area (Å²) < 4.78 is 0. The highest BCUT2D eigenvalue weighted by molar-refractivity contribution is 6.12. The summed E-state index contributed by atoms with van der Waals surface area (Å²) in [4.78, 5) is 21.1. The van der Waals surface area contributed by atoms with Crippen molar-refractivity contribution in [2.75, 3.05) is 0 Å². The van der Waals surface area contributed by atoms with Crippen LogP contribution >= 0.6 is 0 Å². The molecule has 1 aromatic heterocycles. The van der Waals surface area contributed by atoms with Crippen molar-refractivity contribution in [1.82, 2.24) is 10.4 Å². The number of carbonyl (C=O) groups is 1. The van der Waals surface area contributed by atoms with Gasteiger partial charge in [0.1, 0.15) is 17.5 Å². The van der Waals surface area contributed by atoms with Crippen LogP contribution in [-0.2, 0) is 4.79 Å². The summed E-state index contributed by atoms with van der Waals surface area (Å²) in [5.41, 5.74) is 5.55. The van der Waals surface area contributed by atoms with Gasteiger partial charge in [0, 0.05) is 18.5 Å². The number of nitrogens with zero attached hydrogens (tertiary/aromatic N) is 3. The van der Waals surface area contributed by atoms with Gasteiger partial charge in [0.05, 0.1) is 5.71 Å². The number of rotatable bonds is 3. The van der Waals surface area contributed by atoms with Crippen LogP contribution in [0.3, 0.4) is 0 Å². The maximum atomic E-state index is 12.0. The van der Waals surface area contributed by atoms with Crippen LogP contribution in [0.1, 0.15) is 24.1 Å². The highest BCUT2D eigenvalue weighted by Crippen LogP contribution is 2.31. The number of pyridine rings is 1. The fourth-order valence-electron chi connectivity index (χ4n) is 2.92. The predicted octanol–water partition coefficient (Wildman–Crippen LogP) is 2.18. The molecule has 2 atom stereocenters. The smallest absolute Gasteiger partial charge is 0.168 e. The van der Waals surface area contributed by atoms with E-state index < -0.39 is 0 Å². The number of amidine groups is 1. The van der Waals surface area contributed by atoms with E-state index in [0.29, 0.717) is 12.3 Å². The van der Waals surface area contributed by atoms with Gasteiger partial charge in [0.2, 0.25) is 0 Å². The molecule has 0 amide bonds. The molecule has 2 aliphatic rings. The Morgan fingerprint density at radius 3 is 2.52 bits per heavy atom. The summed E-state index contributed by atoms with van der Waals surface area (Å²) in [5.74, 6) is 0.814. The lowest BCUT2D eigenvalue weighted by Crippen LogP contribution is -2.45. The highest BCUT2D eigenvalue weighted by atomic mass is 16.1. The predicted molar refractivity (Wildman–Crippen MR) is 88.4 cm³/mol. The number of nitrogens with one attached hydrogen (secondary N) is 1. The van der Waals surface area contributed by atoms with Gasteiger partial charge in [0.25, 0.3) is 0 Å². The third-order valence-corrected chi connectivity index (χ3v) is 4.30. The van der Waals surface area contributed by atoms with Crippen molar-refractivity contribution in [3.05, 3.63) is 66.0 Å². The van der Waals surface area contributed by atoms with Crippen LogP contribution in [0.15, 0.2) is 64.8 Å². The quantitative estimate of drug-likeness (QED) is 0.945. The van der Waals surface area contributed by atoms with Crippen LogP contribution in [0.25, 0.3) is 0 Å². The average Bonchev–Trinajstić information content (AvgIpc) is 2.62. The van der Waals surface area contributed by atoms with Crippen LogP contribution in [0.2, 0.25) is 0 Å². The zero-order chi connectivity index (χ0) is 15.6. The van der Waals surface area contributed by atoms with Gasteiger partial charge in [0.15, 0.2) is 5.84 Å². The molecular formula is C18H16N4O. The summed E-state index contributed by atoms with van der Waals surface area (Å²) in [7, 11) is 0. The molecule has 0 radical (unpaired) electrons. The first-order chi connectivity index (χ1) is 11.3. The summed E-state index contributed by atoms with van der Waals surface area (Å²) in [5, 5.41) is 4.52. The normalized spacial score (nSPS) is 23.4. The Kier molecular flexibility index (Phi) is 3.46. The van der Waals surface area contributed by atoms with Gasteiger partial charge in [-0.1, -0.05) is 36.4 Å². The third kappa shape index (κ3) is 2.54. The summed E-state index contributed by atoms with van der Waals surface area (Å²) in [6, 6.07) is 15.3. The molecule has 0 spiro atoms. The van der Waals surface area contributed by atoms with Gasteiger partial charge < -0.3 is 0 Å². The second-order valence-corrected chi connectivity index (χ2v) is 5.72. The summed E-state index contributed by atoms with van der Waals surface area (Å²) in [6.07, 6.45) is 3.24. The van der Waals surface area contributed by atoms with Gasteiger partial charge in [-0.2, -0.15) is 5.10 Å². The van der Waals surface area contributed by atoms with Crippen LogP contribution in [0.4, 0.5) is 0 Å². The van der Waals surface area contributed by atoms with E-state index in [2.05, 4.69) is 15.5 Å². The van der Waals surface area contributed by atoms with E-state index in [-0.39, 0.29) is 17.7 Å². The number of hydrazone groups is 1. The molecule has 23 heavy (non-hydrogen) atoms. The van der Waals surface area contributed by atoms with Gasteiger partial charge in [-0.05, 0) is 24.1 Å². The lowest BCUT2D eigenvalue weighted by atomic mass is 9.75. The Labute approximate surface area is 134 Å². The van der Waals surface area contributed by atoms with Gasteiger partial charge in [-0.25, -0.2) is 0 Å². The Hall–Kier alpha value is -2.82. The van der Waals surface area contributed by atoms with E-state index in [4.69, 9.17) is 4.99 Å². The molecule has 1 N–H and O–H groups in total. The van der Waals surface area contributed by atoms with E-state index >= 15 is 0 Å². The maximum absolute atomic E-state index is 12.0. The number of carbonyl (C=O) groups excluding carboxylic acids is 1. The Morgan fingerprint density at radius 2 is 1.87 bits per heavy atom. The second kappa shape index (κ2) is 5.76. The van der Waals surface area contributed by atoms with E-state index in [0.717, 1.165) is 23.4 Å². The monoisotopic (exact) mass is 304 g/mol. The molecule has 2 unspecified atom stereocenters. The lowest BCUT2D eigenvalue weighted by molar-refractivity contribution is -0.129. The van der Waals surface area contributed by atoms with Crippen molar-refractivity contribution in [2.45, 2.75) is 18.9 Å². The number of aromatic nitrogens is 1. The van der Waals surface area contributed by atoms with Gasteiger partial charge in [-0.15, -0.1) is 0 Å². The highest BCUT2D eigenvalue weighted by Gasteiger charge is 2.40. The number of hydrogen-bond acceptors (Lipinski definition) is 5. The zero-order valence-electron chi connectivity index (χ0n) is 12.5.